The zero-order chi connectivity index (χ0) is 14.5. The van der Waals surface area contributed by atoms with Crippen LogP contribution in [0.25, 0.3) is 0 Å². The highest BCUT2D eigenvalue weighted by molar-refractivity contribution is 6.01. The van der Waals surface area contributed by atoms with E-state index in [1.807, 2.05) is 12.1 Å². The van der Waals surface area contributed by atoms with Crippen LogP contribution in [-0.2, 0) is 0 Å². The van der Waals surface area contributed by atoms with E-state index in [4.69, 9.17) is 5.73 Å². The van der Waals surface area contributed by atoms with Crippen molar-refractivity contribution >= 4 is 17.3 Å². The average molecular weight is 269 g/mol. The maximum atomic E-state index is 11.9. The Morgan fingerprint density at radius 1 is 1.15 bits per heavy atom. The molecule has 0 bridgehead atoms. The van der Waals surface area contributed by atoms with E-state index in [-0.39, 0.29) is 11.3 Å². The number of rotatable bonds is 3. The summed E-state index contributed by atoms with van der Waals surface area (Å²) in [6.45, 7) is 1.77. The van der Waals surface area contributed by atoms with Gasteiger partial charge >= 0.3 is 0 Å². The molecule has 0 radical (unpaired) electrons. The molecule has 0 fully saturated rings. The smallest absolute Gasteiger partial charge is 0.275 e. The average Bonchev–Trinajstić information content (AvgIpc) is 2.45. The van der Waals surface area contributed by atoms with Crippen LogP contribution in [0.3, 0.4) is 0 Å². The summed E-state index contributed by atoms with van der Waals surface area (Å²) in [4.78, 5) is 11.9. The molecule has 0 aliphatic rings. The van der Waals surface area contributed by atoms with Crippen LogP contribution in [0.15, 0.2) is 53.6 Å². The van der Waals surface area contributed by atoms with Gasteiger partial charge in [0.1, 0.15) is 5.75 Å². The van der Waals surface area contributed by atoms with Gasteiger partial charge in [-0.1, -0.05) is 24.3 Å². The van der Waals surface area contributed by atoms with Crippen molar-refractivity contribution in [3.05, 3.63) is 59.7 Å². The summed E-state index contributed by atoms with van der Waals surface area (Å²) in [6.07, 6.45) is 0. The van der Waals surface area contributed by atoms with E-state index < -0.39 is 5.91 Å². The maximum Gasteiger partial charge on any atom is 0.275 e. The zero-order valence-electron chi connectivity index (χ0n) is 11.0. The fourth-order valence-electron chi connectivity index (χ4n) is 1.65. The Bertz CT molecular complexity index is 648. The first kappa shape index (κ1) is 13.6. The quantitative estimate of drug-likeness (QED) is 0.453. The predicted octanol–water partition coefficient (Wildman–Crippen LogP) is 2.13. The summed E-state index contributed by atoms with van der Waals surface area (Å²) in [7, 11) is 0. The molecule has 2 rings (SSSR count). The number of phenolic OH excluding ortho intramolecular Hbond substituents is 1. The van der Waals surface area contributed by atoms with Crippen molar-refractivity contribution in [3.63, 3.8) is 0 Å². The molecule has 0 aliphatic carbocycles. The lowest BCUT2D eigenvalue weighted by Crippen LogP contribution is -2.19. The van der Waals surface area contributed by atoms with Crippen molar-refractivity contribution in [2.75, 3.05) is 5.73 Å². The van der Waals surface area contributed by atoms with Gasteiger partial charge in [-0.25, -0.2) is 5.43 Å². The third kappa shape index (κ3) is 3.14. The Morgan fingerprint density at radius 3 is 2.45 bits per heavy atom. The third-order valence-corrected chi connectivity index (χ3v) is 2.80. The van der Waals surface area contributed by atoms with Crippen LogP contribution in [0.2, 0.25) is 0 Å². The molecule has 0 atom stereocenters. The van der Waals surface area contributed by atoms with Gasteiger partial charge in [0.15, 0.2) is 0 Å². The van der Waals surface area contributed by atoms with Crippen molar-refractivity contribution < 1.29 is 9.90 Å². The molecule has 0 heterocycles. The molecule has 1 amide bonds. The van der Waals surface area contributed by atoms with Crippen molar-refractivity contribution in [3.8, 4) is 5.75 Å². The minimum Gasteiger partial charge on any atom is -0.507 e. The molecule has 0 aromatic heterocycles. The monoisotopic (exact) mass is 269 g/mol. The van der Waals surface area contributed by atoms with Gasteiger partial charge in [0.2, 0.25) is 0 Å². The number of carbonyl (C=O) groups excluding carboxylic acids is 1. The Balaban J connectivity index is 2.11. The van der Waals surface area contributed by atoms with Crippen LogP contribution < -0.4 is 11.2 Å². The van der Waals surface area contributed by atoms with Gasteiger partial charge in [-0.3, -0.25) is 4.79 Å². The fourth-order valence-corrected chi connectivity index (χ4v) is 1.65. The second-order valence-electron chi connectivity index (χ2n) is 4.28. The number of nitrogen functional groups attached to an aromatic ring is 1. The van der Waals surface area contributed by atoms with Gasteiger partial charge < -0.3 is 10.8 Å². The number of anilines is 1. The molecule has 0 aliphatic heterocycles. The Kier molecular flexibility index (Phi) is 4.00. The number of nitrogens with one attached hydrogen (secondary N) is 1. The van der Waals surface area contributed by atoms with Crippen molar-refractivity contribution in [2.45, 2.75) is 6.92 Å². The molecular weight excluding hydrogens is 254 g/mol. The van der Waals surface area contributed by atoms with Gasteiger partial charge in [-0.05, 0) is 36.8 Å². The zero-order valence-corrected chi connectivity index (χ0v) is 11.0. The fraction of sp³-hybridized carbons (Fsp3) is 0.0667. The minimum absolute atomic E-state index is 0.0784. The largest absolute Gasteiger partial charge is 0.507 e. The Morgan fingerprint density at radius 2 is 1.80 bits per heavy atom. The summed E-state index contributed by atoms with van der Waals surface area (Å²) in [6, 6.07) is 13.5. The first-order valence-corrected chi connectivity index (χ1v) is 6.06. The standard InChI is InChI=1S/C15H15N3O2/c1-10(11-6-8-12(16)9-7-11)17-18-15(20)13-4-2-3-5-14(13)19/h2-9,19H,16H2,1H3,(H,18,20). The number of nitrogens with two attached hydrogens (primary N) is 1. The van der Waals surface area contributed by atoms with Crippen LogP contribution in [-0.4, -0.2) is 16.7 Å². The summed E-state index contributed by atoms with van der Waals surface area (Å²) in [5, 5.41) is 13.6. The van der Waals surface area contributed by atoms with Crippen molar-refractivity contribution in [1.29, 1.82) is 0 Å². The summed E-state index contributed by atoms with van der Waals surface area (Å²) in [5.41, 5.74) is 10.4. The second-order valence-corrected chi connectivity index (χ2v) is 4.28. The van der Waals surface area contributed by atoms with E-state index in [1.54, 1.807) is 31.2 Å². The van der Waals surface area contributed by atoms with E-state index >= 15 is 0 Å². The van der Waals surface area contributed by atoms with Crippen LogP contribution in [0.1, 0.15) is 22.8 Å². The molecule has 5 nitrogen and oxygen atoms in total. The van der Waals surface area contributed by atoms with Gasteiger partial charge in [0.05, 0.1) is 11.3 Å². The molecule has 0 saturated heterocycles. The molecule has 5 heteroatoms. The minimum atomic E-state index is -0.460. The van der Waals surface area contributed by atoms with E-state index in [9.17, 15) is 9.90 Å². The Hall–Kier alpha value is -2.82. The Labute approximate surface area is 116 Å². The molecule has 20 heavy (non-hydrogen) atoms. The third-order valence-electron chi connectivity index (χ3n) is 2.80. The predicted molar refractivity (Wildman–Crippen MR) is 78.6 cm³/mol. The normalized spacial score (nSPS) is 11.2. The second kappa shape index (κ2) is 5.88. The highest BCUT2D eigenvalue weighted by Gasteiger charge is 2.09. The highest BCUT2D eigenvalue weighted by atomic mass is 16.3. The van der Waals surface area contributed by atoms with Crippen LogP contribution >= 0.6 is 0 Å². The summed E-state index contributed by atoms with van der Waals surface area (Å²) < 4.78 is 0. The molecule has 102 valence electrons. The van der Waals surface area contributed by atoms with Gasteiger partial charge in [-0.2, -0.15) is 5.10 Å². The van der Waals surface area contributed by atoms with E-state index in [0.717, 1.165) is 5.56 Å². The van der Waals surface area contributed by atoms with Crippen molar-refractivity contribution in [1.82, 2.24) is 5.43 Å². The highest BCUT2D eigenvalue weighted by Crippen LogP contribution is 2.15. The molecule has 0 spiro atoms. The molecular formula is C15H15N3O2. The van der Waals surface area contributed by atoms with E-state index in [0.29, 0.717) is 11.4 Å². The van der Waals surface area contributed by atoms with Crippen LogP contribution in [0, 0.1) is 0 Å². The van der Waals surface area contributed by atoms with Crippen LogP contribution in [0.5, 0.6) is 5.75 Å². The number of aromatic hydroxyl groups is 1. The molecule has 0 unspecified atom stereocenters. The number of hydrogen-bond acceptors (Lipinski definition) is 4. The number of nitrogens with zero attached hydrogens (tertiary/aromatic N) is 1. The number of para-hydroxylation sites is 1. The lowest BCUT2D eigenvalue weighted by Gasteiger charge is -2.04. The SMILES string of the molecule is CC(=NNC(=O)c1ccccc1O)c1ccc(N)cc1. The lowest BCUT2D eigenvalue weighted by atomic mass is 10.1. The number of benzene rings is 2. The maximum absolute atomic E-state index is 11.9. The summed E-state index contributed by atoms with van der Waals surface area (Å²) in [5.74, 6) is -0.539. The summed E-state index contributed by atoms with van der Waals surface area (Å²) >= 11 is 0. The van der Waals surface area contributed by atoms with Crippen LogP contribution in [0.4, 0.5) is 5.69 Å². The molecule has 0 saturated carbocycles. The number of hydrazone groups is 1. The molecule has 2 aromatic carbocycles. The number of amides is 1. The van der Waals surface area contributed by atoms with Gasteiger partial charge in [0.25, 0.3) is 5.91 Å². The first-order valence-electron chi connectivity index (χ1n) is 6.06. The van der Waals surface area contributed by atoms with Crippen molar-refractivity contribution in [2.24, 2.45) is 5.10 Å². The first-order chi connectivity index (χ1) is 9.58. The van der Waals surface area contributed by atoms with E-state index in [2.05, 4.69) is 10.5 Å². The molecule has 2 aromatic rings. The number of hydrogen-bond donors (Lipinski definition) is 3. The van der Waals surface area contributed by atoms with Gasteiger partial charge in [-0.15, -0.1) is 0 Å². The number of carbonyl (C=O) groups is 1. The number of phenols is 1. The van der Waals surface area contributed by atoms with E-state index in [1.165, 1.54) is 12.1 Å². The molecule has 4 N–H and O–H groups in total. The van der Waals surface area contributed by atoms with Gasteiger partial charge in [0, 0.05) is 5.69 Å². The topological polar surface area (TPSA) is 87.7 Å². The lowest BCUT2D eigenvalue weighted by molar-refractivity contribution is 0.0952.